The van der Waals surface area contributed by atoms with Gasteiger partial charge in [0.1, 0.15) is 5.84 Å². The zero-order chi connectivity index (χ0) is 17.2. The molecule has 0 radical (unpaired) electrons. The van der Waals surface area contributed by atoms with Crippen LogP contribution >= 0.6 is 11.3 Å². The standard InChI is InChI=1S/C21H17N3S/c1-23-21(24-20(22)14-8-3-2-4-9-14)17-12-7-11-16-15-10-5-6-13-18(15)25-19(16)17/h2-13H,1H3,(H2,22,23,24). The second kappa shape index (κ2) is 6.49. The third-order valence-corrected chi connectivity index (χ3v) is 5.39. The second-order valence-corrected chi connectivity index (χ2v) is 6.76. The first-order chi connectivity index (χ1) is 12.3. The molecule has 0 atom stereocenters. The Morgan fingerprint density at radius 3 is 2.40 bits per heavy atom. The molecular weight excluding hydrogens is 326 g/mol. The Kier molecular flexibility index (Phi) is 4.04. The predicted octanol–water partition coefficient (Wildman–Crippen LogP) is 5.05. The summed E-state index contributed by atoms with van der Waals surface area (Å²) in [7, 11) is 1.85. The Labute approximate surface area is 150 Å². The number of nitrogens with one attached hydrogen (secondary N) is 2. The van der Waals surface area contributed by atoms with Crippen molar-refractivity contribution in [1.82, 2.24) is 5.32 Å². The van der Waals surface area contributed by atoms with Crippen molar-refractivity contribution in [2.75, 3.05) is 7.05 Å². The number of hydrogen-bond acceptors (Lipinski definition) is 2. The van der Waals surface area contributed by atoms with Crippen molar-refractivity contribution < 1.29 is 0 Å². The molecule has 0 fully saturated rings. The second-order valence-electron chi connectivity index (χ2n) is 5.71. The van der Waals surface area contributed by atoms with Gasteiger partial charge >= 0.3 is 0 Å². The molecule has 0 amide bonds. The number of benzene rings is 3. The van der Waals surface area contributed by atoms with Gasteiger partial charge in [-0.05, 0) is 12.1 Å². The summed E-state index contributed by atoms with van der Waals surface area (Å²) in [6, 6.07) is 24.3. The molecule has 25 heavy (non-hydrogen) atoms. The van der Waals surface area contributed by atoms with Gasteiger partial charge in [0.2, 0.25) is 0 Å². The summed E-state index contributed by atoms with van der Waals surface area (Å²) in [6.07, 6.45) is 0. The largest absolute Gasteiger partial charge is 0.373 e. The van der Waals surface area contributed by atoms with Crippen LogP contribution in [0.15, 0.2) is 77.8 Å². The van der Waals surface area contributed by atoms with Crippen LogP contribution in [0.2, 0.25) is 0 Å². The van der Waals surface area contributed by atoms with Crippen molar-refractivity contribution in [2.24, 2.45) is 4.99 Å². The van der Waals surface area contributed by atoms with E-state index in [1.54, 1.807) is 11.3 Å². The minimum absolute atomic E-state index is 0.253. The molecule has 0 aliphatic carbocycles. The fraction of sp³-hybridized carbons (Fsp3) is 0.0476. The van der Waals surface area contributed by atoms with Gasteiger partial charge in [-0.1, -0.05) is 60.7 Å². The number of hydrogen-bond donors (Lipinski definition) is 2. The van der Waals surface area contributed by atoms with Crippen molar-refractivity contribution in [1.29, 1.82) is 5.41 Å². The average Bonchev–Trinajstić information content (AvgIpc) is 3.05. The van der Waals surface area contributed by atoms with Gasteiger partial charge in [-0.2, -0.15) is 0 Å². The molecule has 1 heterocycles. The number of nitrogens with zero attached hydrogens (tertiary/aromatic N) is 1. The molecular formula is C21H17N3S. The molecule has 122 valence electrons. The van der Waals surface area contributed by atoms with E-state index in [-0.39, 0.29) is 5.84 Å². The van der Waals surface area contributed by atoms with Gasteiger partial charge in [-0.3, -0.25) is 5.41 Å². The first-order valence-corrected chi connectivity index (χ1v) is 8.90. The van der Waals surface area contributed by atoms with Gasteiger partial charge in [0.25, 0.3) is 0 Å². The third kappa shape index (κ3) is 2.81. The first-order valence-electron chi connectivity index (χ1n) is 8.09. The zero-order valence-corrected chi connectivity index (χ0v) is 14.6. The lowest BCUT2D eigenvalue weighted by molar-refractivity contribution is 1.17. The maximum atomic E-state index is 8.30. The van der Waals surface area contributed by atoms with Crippen LogP contribution in [0.25, 0.3) is 20.2 Å². The van der Waals surface area contributed by atoms with Crippen LogP contribution in [0.5, 0.6) is 0 Å². The molecule has 0 saturated carbocycles. The molecule has 4 heteroatoms. The van der Waals surface area contributed by atoms with Crippen LogP contribution in [0.4, 0.5) is 0 Å². The van der Waals surface area contributed by atoms with Crippen molar-refractivity contribution in [3.05, 3.63) is 83.9 Å². The minimum Gasteiger partial charge on any atom is -0.373 e. The Morgan fingerprint density at radius 1 is 0.880 bits per heavy atom. The number of rotatable bonds is 2. The molecule has 1 aromatic heterocycles. The Balaban J connectivity index is 1.87. The lowest BCUT2D eigenvalue weighted by Gasteiger charge is -2.08. The average molecular weight is 343 g/mol. The van der Waals surface area contributed by atoms with Gasteiger partial charge in [-0.15, -0.1) is 11.3 Å². The molecule has 0 saturated heterocycles. The quantitative estimate of drug-likeness (QED) is 0.388. The van der Waals surface area contributed by atoms with E-state index in [1.807, 2.05) is 37.4 Å². The van der Waals surface area contributed by atoms with Crippen molar-refractivity contribution >= 4 is 43.2 Å². The lowest BCUT2D eigenvalue weighted by Crippen LogP contribution is -2.21. The molecule has 0 unspecified atom stereocenters. The summed E-state index contributed by atoms with van der Waals surface area (Å²) in [6.45, 7) is 0. The van der Waals surface area contributed by atoms with Gasteiger partial charge in [0, 0.05) is 38.3 Å². The van der Waals surface area contributed by atoms with Gasteiger partial charge < -0.3 is 5.32 Å². The van der Waals surface area contributed by atoms with Crippen LogP contribution in [-0.4, -0.2) is 18.7 Å². The SMILES string of the molecule is CN/C(=N\C(=N)c1ccccc1)c1cccc2c1sc1ccccc12. The van der Waals surface area contributed by atoms with E-state index >= 15 is 0 Å². The van der Waals surface area contributed by atoms with Crippen LogP contribution < -0.4 is 5.32 Å². The number of amidine groups is 2. The first kappa shape index (κ1) is 15.5. The Morgan fingerprint density at radius 2 is 1.60 bits per heavy atom. The third-order valence-electron chi connectivity index (χ3n) is 4.17. The van der Waals surface area contributed by atoms with E-state index in [2.05, 4.69) is 52.8 Å². The van der Waals surface area contributed by atoms with E-state index in [9.17, 15) is 0 Å². The highest BCUT2D eigenvalue weighted by Crippen LogP contribution is 2.35. The summed E-state index contributed by atoms with van der Waals surface area (Å²) in [4.78, 5) is 4.55. The minimum atomic E-state index is 0.253. The topological polar surface area (TPSA) is 48.2 Å². The fourth-order valence-electron chi connectivity index (χ4n) is 2.96. The number of fused-ring (bicyclic) bond motifs is 3. The maximum Gasteiger partial charge on any atom is 0.154 e. The normalized spacial score (nSPS) is 11.8. The highest BCUT2D eigenvalue weighted by Gasteiger charge is 2.12. The monoisotopic (exact) mass is 343 g/mol. The van der Waals surface area contributed by atoms with Crippen LogP contribution in [0, 0.1) is 5.41 Å². The highest BCUT2D eigenvalue weighted by atomic mass is 32.1. The number of thiophene rings is 1. The Bertz CT molecular complexity index is 1090. The van der Waals surface area contributed by atoms with E-state index < -0.39 is 0 Å². The summed E-state index contributed by atoms with van der Waals surface area (Å²) in [5.41, 5.74) is 1.83. The van der Waals surface area contributed by atoms with Crippen molar-refractivity contribution in [3.8, 4) is 0 Å². The summed E-state index contributed by atoms with van der Waals surface area (Å²) in [5.74, 6) is 0.967. The zero-order valence-electron chi connectivity index (χ0n) is 13.8. The van der Waals surface area contributed by atoms with E-state index in [1.165, 1.54) is 20.2 Å². The molecule has 0 spiro atoms. The summed E-state index contributed by atoms with van der Waals surface area (Å²) < 4.78 is 2.45. The molecule has 3 nitrogen and oxygen atoms in total. The summed E-state index contributed by atoms with van der Waals surface area (Å²) in [5, 5.41) is 14.0. The van der Waals surface area contributed by atoms with E-state index in [4.69, 9.17) is 5.41 Å². The highest BCUT2D eigenvalue weighted by molar-refractivity contribution is 7.26. The fourth-order valence-corrected chi connectivity index (χ4v) is 4.17. The van der Waals surface area contributed by atoms with E-state index in [0.717, 1.165) is 11.1 Å². The Hall–Kier alpha value is -2.98. The molecule has 0 bridgehead atoms. The molecule has 2 N–H and O–H groups in total. The van der Waals surface area contributed by atoms with Gasteiger partial charge in [0.15, 0.2) is 5.84 Å². The maximum absolute atomic E-state index is 8.30. The van der Waals surface area contributed by atoms with Crippen LogP contribution in [0.1, 0.15) is 11.1 Å². The molecule has 0 aliphatic rings. The van der Waals surface area contributed by atoms with E-state index in [0.29, 0.717) is 5.84 Å². The lowest BCUT2D eigenvalue weighted by atomic mass is 10.1. The molecule has 4 aromatic rings. The van der Waals surface area contributed by atoms with Gasteiger partial charge in [-0.25, -0.2) is 4.99 Å². The smallest absolute Gasteiger partial charge is 0.154 e. The van der Waals surface area contributed by atoms with Crippen molar-refractivity contribution in [2.45, 2.75) is 0 Å². The predicted molar refractivity (Wildman–Crippen MR) is 108 cm³/mol. The molecule has 4 rings (SSSR count). The summed E-state index contributed by atoms with van der Waals surface area (Å²) >= 11 is 1.76. The van der Waals surface area contributed by atoms with Crippen molar-refractivity contribution in [3.63, 3.8) is 0 Å². The molecule has 0 aliphatic heterocycles. The van der Waals surface area contributed by atoms with Crippen LogP contribution in [-0.2, 0) is 0 Å². The molecule has 3 aromatic carbocycles. The van der Waals surface area contributed by atoms with Crippen LogP contribution in [0.3, 0.4) is 0 Å². The van der Waals surface area contributed by atoms with Gasteiger partial charge in [0.05, 0.1) is 0 Å². The number of aliphatic imine (C=N–C) groups is 1.